The van der Waals surface area contributed by atoms with Gasteiger partial charge < -0.3 is 14.5 Å². The lowest BCUT2D eigenvalue weighted by molar-refractivity contribution is -0.117. The normalized spacial score (nSPS) is 11.1. The van der Waals surface area contributed by atoms with Gasteiger partial charge in [-0.1, -0.05) is 54.6 Å². The van der Waals surface area contributed by atoms with Crippen LogP contribution in [-0.4, -0.2) is 5.91 Å². The largest absolute Gasteiger partial charge is 0.489 e. The molecule has 0 spiro atoms. The predicted octanol–water partition coefficient (Wildman–Crippen LogP) is 5.24. The summed E-state index contributed by atoms with van der Waals surface area (Å²) in [5.74, 6) is 0.888. The number of carbonyl (C=O) groups is 1. The third-order valence-corrected chi connectivity index (χ3v) is 4.83. The highest BCUT2D eigenvalue weighted by atomic mass is 16.5. The Labute approximate surface area is 180 Å². The van der Waals surface area contributed by atoms with Gasteiger partial charge in [0.25, 0.3) is 5.91 Å². The van der Waals surface area contributed by atoms with Gasteiger partial charge in [0, 0.05) is 0 Å². The first-order valence-electron chi connectivity index (χ1n) is 9.85. The van der Waals surface area contributed by atoms with Crippen molar-refractivity contribution < 1.29 is 13.9 Å². The molecule has 1 heterocycles. The Morgan fingerprint density at radius 3 is 2.58 bits per heavy atom. The molecule has 0 saturated carbocycles. The molecule has 0 radical (unpaired) electrons. The van der Waals surface area contributed by atoms with E-state index in [1.54, 1.807) is 18.2 Å². The lowest BCUT2D eigenvalue weighted by Crippen LogP contribution is -2.23. The van der Waals surface area contributed by atoms with Gasteiger partial charge in [0.15, 0.2) is 0 Å². The fraction of sp³-hybridized carbons (Fsp3) is 0.0769. The number of carbonyl (C=O) groups excluding carboxylic acids is 1. The van der Waals surface area contributed by atoms with E-state index in [0.29, 0.717) is 18.1 Å². The van der Waals surface area contributed by atoms with E-state index >= 15 is 0 Å². The van der Waals surface area contributed by atoms with Crippen LogP contribution < -0.4 is 10.1 Å². The van der Waals surface area contributed by atoms with E-state index < -0.39 is 5.91 Å². The molecule has 4 aromatic rings. The maximum Gasteiger partial charge on any atom is 0.262 e. The van der Waals surface area contributed by atoms with Crippen LogP contribution in [-0.2, 0) is 17.9 Å². The van der Waals surface area contributed by atoms with Gasteiger partial charge in [-0.15, -0.1) is 0 Å². The molecule has 0 saturated heterocycles. The Kier molecular flexibility index (Phi) is 6.10. The van der Waals surface area contributed by atoms with Crippen molar-refractivity contribution in [3.63, 3.8) is 0 Å². The summed E-state index contributed by atoms with van der Waals surface area (Å²) in [7, 11) is 0. The van der Waals surface area contributed by atoms with Gasteiger partial charge in [-0.05, 0) is 52.2 Å². The Balaban J connectivity index is 1.40. The van der Waals surface area contributed by atoms with Crippen molar-refractivity contribution in [2.24, 2.45) is 0 Å². The highest BCUT2D eigenvalue weighted by Crippen LogP contribution is 2.21. The third-order valence-electron chi connectivity index (χ3n) is 4.83. The number of hydrogen-bond acceptors (Lipinski definition) is 4. The summed E-state index contributed by atoms with van der Waals surface area (Å²) >= 11 is 0. The van der Waals surface area contributed by atoms with E-state index in [0.717, 1.165) is 11.1 Å². The highest BCUT2D eigenvalue weighted by molar-refractivity contribution is 6.01. The maximum absolute atomic E-state index is 12.2. The van der Waals surface area contributed by atoms with Gasteiger partial charge >= 0.3 is 0 Å². The SMILES string of the molecule is N#C/C(=C\c1ccc(OCc2cccc3ccccc23)cc1)C(=O)NCc1ccco1. The van der Waals surface area contributed by atoms with Crippen LogP contribution in [0.25, 0.3) is 16.8 Å². The Morgan fingerprint density at radius 2 is 1.81 bits per heavy atom. The van der Waals surface area contributed by atoms with Crippen LogP contribution in [0.4, 0.5) is 0 Å². The number of nitrogens with zero attached hydrogens (tertiary/aromatic N) is 1. The van der Waals surface area contributed by atoms with Crippen molar-refractivity contribution in [3.8, 4) is 11.8 Å². The number of benzene rings is 3. The van der Waals surface area contributed by atoms with Gasteiger partial charge in [0.2, 0.25) is 0 Å². The number of hydrogen-bond donors (Lipinski definition) is 1. The van der Waals surface area contributed by atoms with Gasteiger partial charge in [-0.3, -0.25) is 4.79 Å². The van der Waals surface area contributed by atoms with E-state index in [1.165, 1.54) is 17.0 Å². The Hall–Kier alpha value is -4.30. The lowest BCUT2D eigenvalue weighted by Gasteiger charge is -2.09. The minimum absolute atomic E-state index is 0.0241. The van der Waals surface area contributed by atoms with Crippen molar-refractivity contribution in [1.29, 1.82) is 5.26 Å². The number of rotatable bonds is 7. The zero-order valence-corrected chi connectivity index (χ0v) is 16.7. The molecule has 5 nitrogen and oxygen atoms in total. The first-order chi connectivity index (χ1) is 15.2. The van der Waals surface area contributed by atoms with Crippen LogP contribution in [0.15, 0.2) is 95.1 Å². The van der Waals surface area contributed by atoms with E-state index in [4.69, 9.17) is 9.15 Å². The summed E-state index contributed by atoms with van der Waals surface area (Å²) in [6.45, 7) is 0.682. The highest BCUT2D eigenvalue weighted by Gasteiger charge is 2.09. The molecule has 1 aromatic heterocycles. The molecule has 5 heteroatoms. The molecule has 3 aromatic carbocycles. The van der Waals surface area contributed by atoms with E-state index in [2.05, 4.69) is 29.6 Å². The molecule has 0 unspecified atom stereocenters. The van der Waals surface area contributed by atoms with Gasteiger partial charge in [-0.2, -0.15) is 5.26 Å². The minimum atomic E-state index is -0.449. The van der Waals surface area contributed by atoms with Crippen LogP contribution in [0, 0.1) is 11.3 Å². The molecular formula is C26H20N2O3. The number of nitrogens with one attached hydrogen (secondary N) is 1. The molecule has 0 bridgehead atoms. The van der Waals surface area contributed by atoms with Crippen LogP contribution >= 0.6 is 0 Å². The number of furan rings is 1. The number of ether oxygens (including phenoxy) is 1. The van der Waals surface area contributed by atoms with E-state index in [9.17, 15) is 10.1 Å². The summed E-state index contributed by atoms with van der Waals surface area (Å²) in [5, 5.41) is 14.4. The molecule has 0 aliphatic carbocycles. The summed E-state index contributed by atoms with van der Waals surface area (Å²) in [6, 6.07) is 27.1. The predicted molar refractivity (Wildman–Crippen MR) is 119 cm³/mol. The molecular weight excluding hydrogens is 388 g/mol. The van der Waals surface area contributed by atoms with Crippen LogP contribution in [0.1, 0.15) is 16.9 Å². The lowest BCUT2D eigenvalue weighted by atomic mass is 10.1. The molecule has 152 valence electrons. The monoisotopic (exact) mass is 408 g/mol. The van der Waals surface area contributed by atoms with Crippen molar-refractivity contribution in [2.45, 2.75) is 13.2 Å². The number of nitriles is 1. The molecule has 0 atom stereocenters. The van der Waals surface area contributed by atoms with Crippen molar-refractivity contribution in [3.05, 3.63) is 108 Å². The first kappa shape index (κ1) is 20.0. The quantitative estimate of drug-likeness (QED) is 0.335. The second-order valence-corrected chi connectivity index (χ2v) is 6.93. The fourth-order valence-electron chi connectivity index (χ4n) is 3.23. The van der Waals surface area contributed by atoms with Crippen molar-refractivity contribution in [2.75, 3.05) is 0 Å². The Morgan fingerprint density at radius 1 is 1.00 bits per heavy atom. The molecule has 0 aliphatic heterocycles. The smallest absolute Gasteiger partial charge is 0.262 e. The van der Waals surface area contributed by atoms with E-state index in [-0.39, 0.29) is 12.1 Å². The summed E-state index contributed by atoms with van der Waals surface area (Å²) < 4.78 is 11.1. The molecule has 4 rings (SSSR count). The molecule has 1 amide bonds. The van der Waals surface area contributed by atoms with Crippen LogP contribution in [0.2, 0.25) is 0 Å². The fourth-order valence-corrected chi connectivity index (χ4v) is 3.23. The maximum atomic E-state index is 12.2. The van der Waals surface area contributed by atoms with Crippen molar-refractivity contribution in [1.82, 2.24) is 5.32 Å². The zero-order valence-electron chi connectivity index (χ0n) is 16.7. The second kappa shape index (κ2) is 9.47. The minimum Gasteiger partial charge on any atom is -0.489 e. The van der Waals surface area contributed by atoms with Crippen molar-refractivity contribution >= 4 is 22.8 Å². The number of amides is 1. The standard InChI is InChI=1S/C26H20N2O3/c27-16-22(26(29)28-17-24-8-4-14-30-24)15-19-10-12-23(13-11-19)31-18-21-7-3-6-20-5-1-2-9-25(20)21/h1-15H,17-18H2,(H,28,29)/b22-15+. The third kappa shape index (κ3) is 5.01. The molecule has 31 heavy (non-hydrogen) atoms. The zero-order chi connectivity index (χ0) is 21.5. The summed E-state index contributed by atoms with van der Waals surface area (Å²) in [4.78, 5) is 12.2. The molecule has 1 N–H and O–H groups in total. The van der Waals surface area contributed by atoms with Crippen LogP contribution in [0.5, 0.6) is 5.75 Å². The topological polar surface area (TPSA) is 75.3 Å². The number of fused-ring (bicyclic) bond motifs is 1. The molecule has 0 aliphatic rings. The molecule has 0 fully saturated rings. The van der Waals surface area contributed by atoms with Crippen LogP contribution in [0.3, 0.4) is 0 Å². The first-order valence-corrected chi connectivity index (χ1v) is 9.85. The van der Waals surface area contributed by atoms with E-state index in [1.807, 2.05) is 48.5 Å². The summed E-state index contributed by atoms with van der Waals surface area (Å²) in [5.41, 5.74) is 1.88. The van der Waals surface area contributed by atoms with Gasteiger partial charge in [0.1, 0.15) is 29.8 Å². The Bertz CT molecular complexity index is 1240. The van der Waals surface area contributed by atoms with Gasteiger partial charge in [0.05, 0.1) is 12.8 Å². The second-order valence-electron chi connectivity index (χ2n) is 6.93. The summed E-state index contributed by atoms with van der Waals surface area (Å²) in [6.07, 6.45) is 3.08. The average molecular weight is 408 g/mol. The van der Waals surface area contributed by atoms with Gasteiger partial charge in [-0.25, -0.2) is 0 Å². The average Bonchev–Trinajstić information content (AvgIpc) is 3.34.